The van der Waals surface area contributed by atoms with E-state index in [9.17, 15) is 4.79 Å². The average molecular weight is 228 g/mol. The number of amides is 1. The Morgan fingerprint density at radius 1 is 1.53 bits per heavy atom. The lowest BCUT2D eigenvalue weighted by Crippen LogP contribution is -2.43. The van der Waals surface area contributed by atoms with E-state index < -0.39 is 0 Å². The number of hydrogen-bond donors (Lipinski definition) is 2. The molecule has 1 aliphatic carbocycles. The van der Waals surface area contributed by atoms with Gasteiger partial charge in [-0.05, 0) is 18.3 Å². The first-order chi connectivity index (χ1) is 7.27. The van der Waals surface area contributed by atoms with Gasteiger partial charge in [-0.2, -0.15) is 0 Å². The first-order valence-electron chi connectivity index (χ1n) is 5.86. The Labute approximate surface area is 95.8 Å². The Balaban J connectivity index is 1.70. The lowest BCUT2D eigenvalue weighted by atomic mass is 9.98. The van der Waals surface area contributed by atoms with Crippen molar-refractivity contribution in [1.29, 1.82) is 0 Å². The zero-order valence-corrected chi connectivity index (χ0v) is 10.1. The van der Waals surface area contributed by atoms with Gasteiger partial charge in [0.25, 0.3) is 0 Å². The van der Waals surface area contributed by atoms with Gasteiger partial charge in [0.1, 0.15) is 0 Å². The van der Waals surface area contributed by atoms with Crippen LogP contribution in [-0.2, 0) is 4.79 Å². The Morgan fingerprint density at radius 3 is 3.00 bits per heavy atom. The number of nitrogens with one attached hydrogen (secondary N) is 2. The highest BCUT2D eigenvalue weighted by atomic mass is 32.2. The maximum Gasteiger partial charge on any atom is 0.238 e. The predicted octanol–water partition coefficient (Wildman–Crippen LogP) is 1.20. The number of carbonyl (C=O) groups is 1. The Hall–Kier alpha value is -0.220. The lowest BCUT2D eigenvalue weighted by Gasteiger charge is -2.17. The minimum Gasteiger partial charge on any atom is -0.354 e. The molecule has 0 aromatic carbocycles. The fourth-order valence-corrected chi connectivity index (χ4v) is 3.39. The van der Waals surface area contributed by atoms with Crippen LogP contribution < -0.4 is 10.6 Å². The Kier molecular flexibility index (Phi) is 3.92. The molecule has 0 spiro atoms. The van der Waals surface area contributed by atoms with Gasteiger partial charge in [0.15, 0.2) is 0 Å². The Bertz CT molecular complexity index is 229. The molecule has 0 aromatic rings. The quantitative estimate of drug-likeness (QED) is 0.762. The van der Waals surface area contributed by atoms with Gasteiger partial charge in [0.2, 0.25) is 5.91 Å². The van der Waals surface area contributed by atoms with Gasteiger partial charge in [0.05, 0.1) is 6.04 Å². The van der Waals surface area contributed by atoms with Crippen LogP contribution in [0.25, 0.3) is 0 Å². The van der Waals surface area contributed by atoms with Crippen molar-refractivity contribution in [3.63, 3.8) is 0 Å². The van der Waals surface area contributed by atoms with E-state index in [-0.39, 0.29) is 11.9 Å². The third-order valence-electron chi connectivity index (χ3n) is 3.61. The monoisotopic (exact) mass is 228 g/mol. The average Bonchev–Trinajstić information content (AvgIpc) is 2.85. The maximum atomic E-state index is 11.7. The molecule has 1 heterocycles. The molecule has 0 radical (unpaired) electrons. The smallest absolute Gasteiger partial charge is 0.238 e. The molecule has 0 bridgehead atoms. The van der Waals surface area contributed by atoms with Gasteiger partial charge in [0, 0.05) is 18.2 Å². The summed E-state index contributed by atoms with van der Waals surface area (Å²) in [5, 5.41) is 6.28. The summed E-state index contributed by atoms with van der Waals surface area (Å²) in [6.07, 6.45) is 3.95. The molecule has 4 heteroatoms. The molecular weight excluding hydrogens is 208 g/mol. The van der Waals surface area contributed by atoms with Crippen LogP contribution in [0.3, 0.4) is 0 Å². The van der Waals surface area contributed by atoms with Crippen LogP contribution >= 0.6 is 11.8 Å². The SMILES string of the molecule is CC1CCCC1CNC(=O)C1CSCN1. The number of carbonyl (C=O) groups excluding carboxylic acids is 1. The van der Waals surface area contributed by atoms with Crippen molar-refractivity contribution >= 4 is 17.7 Å². The summed E-state index contributed by atoms with van der Waals surface area (Å²) in [4.78, 5) is 11.7. The van der Waals surface area contributed by atoms with Crippen molar-refractivity contribution in [2.75, 3.05) is 18.2 Å². The summed E-state index contributed by atoms with van der Waals surface area (Å²) >= 11 is 1.80. The molecular formula is C11H20N2OS. The Morgan fingerprint density at radius 2 is 2.40 bits per heavy atom. The van der Waals surface area contributed by atoms with Crippen molar-refractivity contribution in [2.24, 2.45) is 11.8 Å². The highest BCUT2D eigenvalue weighted by Gasteiger charge is 2.26. The van der Waals surface area contributed by atoms with Crippen LogP contribution in [0.4, 0.5) is 0 Å². The van der Waals surface area contributed by atoms with Gasteiger partial charge in [-0.1, -0.05) is 19.8 Å². The minimum atomic E-state index is 0.0479. The fraction of sp³-hybridized carbons (Fsp3) is 0.909. The van der Waals surface area contributed by atoms with Crippen LogP contribution in [0.15, 0.2) is 0 Å². The molecule has 1 saturated carbocycles. The van der Waals surface area contributed by atoms with Crippen molar-refractivity contribution in [3.8, 4) is 0 Å². The standard InChI is InChI=1S/C11H20N2OS/c1-8-3-2-4-9(8)5-12-11(14)10-6-15-7-13-10/h8-10,13H,2-7H2,1H3,(H,12,14). The van der Waals surface area contributed by atoms with E-state index in [0.29, 0.717) is 5.92 Å². The summed E-state index contributed by atoms with van der Waals surface area (Å²) in [6.45, 7) is 3.18. The molecule has 15 heavy (non-hydrogen) atoms. The van der Waals surface area contributed by atoms with Crippen LogP contribution in [0.5, 0.6) is 0 Å². The summed E-state index contributed by atoms with van der Waals surface area (Å²) in [7, 11) is 0. The van der Waals surface area contributed by atoms with E-state index in [1.54, 1.807) is 11.8 Å². The first kappa shape index (κ1) is 11.3. The van der Waals surface area contributed by atoms with Crippen molar-refractivity contribution in [1.82, 2.24) is 10.6 Å². The molecule has 2 N–H and O–H groups in total. The lowest BCUT2D eigenvalue weighted by molar-refractivity contribution is -0.122. The van der Waals surface area contributed by atoms with Crippen molar-refractivity contribution in [3.05, 3.63) is 0 Å². The largest absolute Gasteiger partial charge is 0.354 e. The van der Waals surface area contributed by atoms with Crippen molar-refractivity contribution in [2.45, 2.75) is 32.2 Å². The third-order valence-corrected chi connectivity index (χ3v) is 4.55. The summed E-state index contributed by atoms with van der Waals surface area (Å²) in [6, 6.07) is 0.0479. The summed E-state index contributed by atoms with van der Waals surface area (Å²) < 4.78 is 0. The van der Waals surface area contributed by atoms with Gasteiger partial charge in [-0.3, -0.25) is 10.1 Å². The molecule has 2 fully saturated rings. The van der Waals surface area contributed by atoms with E-state index in [0.717, 1.165) is 24.1 Å². The van der Waals surface area contributed by atoms with Crippen LogP contribution in [0, 0.1) is 11.8 Å². The summed E-state index contributed by atoms with van der Waals surface area (Å²) in [5.41, 5.74) is 0. The number of hydrogen-bond acceptors (Lipinski definition) is 3. The minimum absolute atomic E-state index is 0.0479. The topological polar surface area (TPSA) is 41.1 Å². The highest BCUT2D eigenvalue weighted by molar-refractivity contribution is 7.99. The second kappa shape index (κ2) is 5.21. The maximum absolute atomic E-state index is 11.7. The first-order valence-corrected chi connectivity index (χ1v) is 7.01. The molecule has 0 aromatic heterocycles. The number of rotatable bonds is 3. The van der Waals surface area contributed by atoms with Gasteiger partial charge >= 0.3 is 0 Å². The highest BCUT2D eigenvalue weighted by Crippen LogP contribution is 2.30. The number of thioether (sulfide) groups is 1. The molecule has 3 unspecified atom stereocenters. The van der Waals surface area contributed by atoms with E-state index in [4.69, 9.17) is 0 Å². The van der Waals surface area contributed by atoms with E-state index >= 15 is 0 Å². The van der Waals surface area contributed by atoms with Crippen LogP contribution in [-0.4, -0.2) is 30.1 Å². The second-order valence-electron chi connectivity index (χ2n) is 4.69. The molecule has 3 atom stereocenters. The predicted molar refractivity (Wildman–Crippen MR) is 63.8 cm³/mol. The molecule has 2 aliphatic rings. The molecule has 1 amide bonds. The fourth-order valence-electron chi connectivity index (χ4n) is 2.44. The van der Waals surface area contributed by atoms with Gasteiger partial charge in [-0.15, -0.1) is 11.8 Å². The van der Waals surface area contributed by atoms with E-state index in [1.165, 1.54) is 19.3 Å². The molecule has 1 saturated heterocycles. The van der Waals surface area contributed by atoms with Crippen LogP contribution in [0.1, 0.15) is 26.2 Å². The third kappa shape index (κ3) is 2.88. The molecule has 1 aliphatic heterocycles. The second-order valence-corrected chi connectivity index (χ2v) is 5.72. The normalized spacial score (nSPS) is 35.7. The zero-order chi connectivity index (χ0) is 10.7. The molecule has 86 valence electrons. The van der Waals surface area contributed by atoms with Crippen LogP contribution in [0.2, 0.25) is 0 Å². The summed E-state index contributed by atoms with van der Waals surface area (Å²) in [5.74, 6) is 3.53. The zero-order valence-electron chi connectivity index (χ0n) is 9.29. The van der Waals surface area contributed by atoms with E-state index in [2.05, 4.69) is 17.6 Å². The van der Waals surface area contributed by atoms with E-state index in [1.807, 2.05) is 0 Å². The van der Waals surface area contributed by atoms with Gasteiger partial charge < -0.3 is 5.32 Å². The van der Waals surface area contributed by atoms with Crippen molar-refractivity contribution < 1.29 is 4.79 Å². The van der Waals surface area contributed by atoms with Gasteiger partial charge in [-0.25, -0.2) is 0 Å². The molecule has 3 nitrogen and oxygen atoms in total. The molecule has 2 rings (SSSR count).